The molecule has 7 heteroatoms. The predicted octanol–water partition coefficient (Wildman–Crippen LogP) is 4.57. The van der Waals surface area contributed by atoms with Gasteiger partial charge in [0.15, 0.2) is 11.5 Å². The molecule has 0 spiro atoms. The van der Waals surface area contributed by atoms with Gasteiger partial charge in [0.25, 0.3) is 5.91 Å². The maximum absolute atomic E-state index is 13.1. The molecule has 1 aromatic heterocycles. The predicted molar refractivity (Wildman–Crippen MR) is 95.9 cm³/mol. The second kappa shape index (κ2) is 7.27. The fraction of sp³-hybridized carbons (Fsp3) is 0.0556. The highest BCUT2D eigenvalue weighted by Gasteiger charge is 2.10. The summed E-state index contributed by atoms with van der Waals surface area (Å²) in [6.07, 6.45) is 0. The fourth-order valence-electron chi connectivity index (χ4n) is 2.15. The van der Waals surface area contributed by atoms with E-state index in [1.54, 1.807) is 24.3 Å². The topological polar surface area (TPSA) is 66.9 Å². The molecule has 1 amide bonds. The van der Waals surface area contributed by atoms with Gasteiger partial charge in [0.05, 0.1) is 0 Å². The third-order valence-corrected chi connectivity index (χ3v) is 3.68. The maximum atomic E-state index is 13.1. The molecule has 2 N–H and O–H groups in total. The van der Waals surface area contributed by atoms with Gasteiger partial charge in [0, 0.05) is 16.4 Å². The Bertz CT molecular complexity index is 915. The van der Waals surface area contributed by atoms with E-state index in [1.807, 2.05) is 13.0 Å². The number of anilines is 3. The zero-order chi connectivity index (χ0) is 17.8. The van der Waals surface area contributed by atoms with Crippen LogP contribution in [-0.2, 0) is 0 Å². The lowest BCUT2D eigenvalue weighted by molar-refractivity contribution is 0.102. The van der Waals surface area contributed by atoms with Gasteiger partial charge in [0.1, 0.15) is 5.82 Å². The first kappa shape index (κ1) is 16.9. The smallest absolute Gasteiger partial charge is 0.276 e. The van der Waals surface area contributed by atoms with Crippen LogP contribution >= 0.6 is 11.6 Å². The van der Waals surface area contributed by atoms with Crippen molar-refractivity contribution in [3.8, 4) is 0 Å². The van der Waals surface area contributed by atoms with Gasteiger partial charge in [-0.1, -0.05) is 23.7 Å². The van der Waals surface area contributed by atoms with Gasteiger partial charge in [-0.3, -0.25) is 4.79 Å². The monoisotopic (exact) mass is 356 g/mol. The Balaban J connectivity index is 1.71. The number of amides is 1. The summed E-state index contributed by atoms with van der Waals surface area (Å²) in [5.41, 5.74) is 2.28. The van der Waals surface area contributed by atoms with Crippen molar-refractivity contribution in [3.05, 3.63) is 76.7 Å². The number of nitrogens with zero attached hydrogens (tertiary/aromatic N) is 2. The second-order valence-electron chi connectivity index (χ2n) is 5.35. The van der Waals surface area contributed by atoms with E-state index in [1.165, 1.54) is 24.3 Å². The molecule has 0 aliphatic rings. The van der Waals surface area contributed by atoms with E-state index < -0.39 is 11.7 Å². The molecule has 5 nitrogen and oxygen atoms in total. The standard InChI is InChI=1S/C18H14ClFN4O/c1-11-5-6-12(19)9-16(11)22-17-8-7-15(23-24-17)18(25)21-14-4-2-3-13(20)10-14/h2-10H,1H3,(H,21,25)(H,22,24). The van der Waals surface area contributed by atoms with Gasteiger partial charge in [-0.15, -0.1) is 10.2 Å². The normalized spacial score (nSPS) is 10.4. The number of carbonyl (C=O) groups excluding carboxylic acids is 1. The molecule has 0 aliphatic heterocycles. The molecule has 2 aromatic carbocycles. The molecule has 1 heterocycles. The molecular weight excluding hydrogens is 343 g/mol. The molecule has 126 valence electrons. The number of aryl methyl sites for hydroxylation is 1. The second-order valence-corrected chi connectivity index (χ2v) is 5.79. The molecule has 0 atom stereocenters. The van der Waals surface area contributed by atoms with Gasteiger partial charge in [-0.2, -0.15) is 0 Å². The number of rotatable bonds is 4. The summed E-state index contributed by atoms with van der Waals surface area (Å²) in [5, 5.41) is 14.1. The summed E-state index contributed by atoms with van der Waals surface area (Å²) in [6, 6.07) is 14.3. The van der Waals surface area contributed by atoms with Crippen LogP contribution in [0.3, 0.4) is 0 Å². The summed E-state index contributed by atoms with van der Waals surface area (Å²) in [4.78, 5) is 12.1. The van der Waals surface area contributed by atoms with Crippen LogP contribution in [0.15, 0.2) is 54.6 Å². The number of hydrogen-bond acceptors (Lipinski definition) is 4. The summed E-state index contributed by atoms with van der Waals surface area (Å²) in [7, 11) is 0. The fourth-order valence-corrected chi connectivity index (χ4v) is 2.32. The van der Waals surface area contributed by atoms with Gasteiger partial charge >= 0.3 is 0 Å². The largest absolute Gasteiger partial charge is 0.338 e. The summed E-state index contributed by atoms with van der Waals surface area (Å²) in [5.74, 6) is -0.420. The van der Waals surface area contributed by atoms with Crippen LogP contribution in [0, 0.1) is 12.7 Å². The summed E-state index contributed by atoms with van der Waals surface area (Å²) < 4.78 is 13.1. The molecular formula is C18H14ClFN4O. The number of aromatic nitrogens is 2. The highest BCUT2D eigenvalue weighted by atomic mass is 35.5. The van der Waals surface area contributed by atoms with E-state index in [-0.39, 0.29) is 5.69 Å². The van der Waals surface area contributed by atoms with Crippen LogP contribution in [0.25, 0.3) is 0 Å². The third-order valence-electron chi connectivity index (χ3n) is 3.44. The van der Waals surface area contributed by atoms with Crippen molar-refractivity contribution < 1.29 is 9.18 Å². The van der Waals surface area contributed by atoms with Crippen LogP contribution in [-0.4, -0.2) is 16.1 Å². The van der Waals surface area contributed by atoms with E-state index in [9.17, 15) is 9.18 Å². The van der Waals surface area contributed by atoms with Crippen LogP contribution in [0.2, 0.25) is 5.02 Å². The number of carbonyl (C=O) groups is 1. The Morgan fingerprint density at radius 2 is 1.92 bits per heavy atom. The Hall–Kier alpha value is -2.99. The lowest BCUT2D eigenvalue weighted by Crippen LogP contribution is -2.14. The summed E-state index contributed by atoms with van der Waals surface area (Å²) >= 11 is 5.98. The Kier molecular flexibility index (Phi) is 4.90. The molecule has 3 aromatic rings. The Morgan fingerprint density at radius 3 is 2.64 bits per heavy atom. The van der Waals surface area contributed by atoms with Crippen LogP contribution < -0.4 is 10.6 Å². The minimum Gasteiger partial charge on any atom is -0.338 e. The molecule has 0 saturated heterocycles. The molecule has 3 rings (SSSR count). The number of hydrogen-bond donors (Lipinski definition) is 2. The molecule has 0 saturated carbocycles. The molecule has 0 unspecified atom stereocenters. The Labute approximate surface area is 148 Å². The van der Waals surface area contributed by atoms with Crippen LogP contribution in [0.5, 0.6) is 0 Å². The van der Waals surface area contributed by atoms with Crippen molar-refractivity contribution in [1.82, 2.24) is 10.2 Å². The quantitative estimate of drug-likeness (QED) is 0.718. The van der Waals surface area contributed by atoms with Crippen LogP contribution in [0.1, 0.15) is 16.1 Å². The van der Waals surface area contributed by atoms with Crippen molar-refractivity contribution in [3.63, 3.8) is 0 Å². The van der Waals surface area contributed by atoms with E-state index in [2.05, 4.69) is 20.8 Å². The van der Waals surface area contributed by atoms with Crippen molar-refractivity contribution in [1.29, 1.82) is 0 Å². The van der Waals surface area contributed by atoms with Crippen molar-refractivity contribution in [2.75, 3.05) is 10.6 Å². The highest BCUT2D eigenvalue weighted by Crippen LogP contribution is 2.23. The lowest BCUT2D eigenvalue weighted by Gasteiger charge is -2.09. The number of halogens is 2. The number of nitrogens with one attached hydrogen (secondary N) is 2. The minimum absolute atomic E-state index is 0.123. The first-order valence-electron chi connectivity index (χ1n) is 7.45. The van der Waals surface area contributed by atoms with Crippen molar-refractivity contribution in [2.45, 2.75) is 6.92 Å². The zero-order valence-electron chi connectivity index (χ0n) is 13.3. The van der Waals surface area contributed by atoms with E-state index in [0.29, 0.717) is 16.5 Å². The average molecular weight is 357 g/mol. The van der Waals surface area contributed by atoms with Gasteiger partial charge in [0.2, 0.25) is 0 Å². The van der Waals surface area contributed by atoms with Gasteiger partial charge in [-0.25, -0.2) is 4.39 Å². The van der Waals surface area contributed by atoms with Crippen LogP contribution in [0.4, 0.5) is 21.6 Å². The van der Waals surface area contributed by atoms with Crippen molar-refractivity contribution in [2.24, 2.45) is 0 Å². The van der Waals surface area contributed by atoms with Crippen molar-refractivity contribution >= 4 is 34.7 Å². The molecule has 0 fully saturated rings. The van der Waals surface area contributed by atoms with E-state index in [4.69, 9.17) is 11.6 Å². The molecule has 0 aliphatic carbocycles. The highest BCUT2D eigenvalue weighted by molar-refractivity contribution is 6.30. The Morgan fingerprint density at radius 1 is 1.08 bits per heavy atom. The average Bonchev–Trinajstić information content (AvgIpc) is 2.59. The molecule has 0 bridgehead atoms. The first-order valence-corrected chi connectivity index (χ1v) is 7.83. The van der Waals surface area contributed by atoms with E-state index >= 15 is 0 Å². The first-order chi connectivity index (χ1) is 12.0. The maximum Gasteiger partial charge on any atom is 0.276 e. The van der Waals surface area contributed by atoms with Gasteiger partial charge in [-0.05, 0) is 55.0 Å². The molecule has 25 heavy (non-hydrogen) atoms. The molecule has 0 radical (unpaired) electrons. The third kappa shape index (κ3) is 4.30. The lowest BCUT2D eigenvalue weighted by atomic mass is 10.2. The van der Waals surface area contributed by atoms with E-state index in [0.717, 1.165) is 11.3 Å². The minimum atomic E-state index is -0.469. The zero-order valence-corrected chi connectivity index (χ0v) is 14.0. The van der Waals surface area contributed by atoms with Gasteiger partial charge < -0.3 is 10.6 Å². The SMILES string of the molecule is Cc1ccc(Cl)cc1Nc1ccc(C(=O)Nc2cccc(F)c2)nn1. The summed E-state index contributed by atoms with van der Waals surface area (Å²) in [6.45, 7) is 1.94. The number of benzene rings is 2.